The standard InChI is InChI=1S/C15H12BrCl2NO/c16-12-3-1-2-4-14(12)19-15(20)8-6-10-5-7-11(17)9-13(10)18/h1-5,7,9H,6,8H2,(H,19,20). The molecular weight excluding hydrogens is 361 g/mol. The maximum absolute atomic E-state index is 11.9. The maximum atomic E-state index is 11.9. The van der Waals surface area contributed by atoms with Crippen molar-refractivity contribution in [3.05, 3.63) is 62.5 Å². The summed E-state index contributed by atoms with van der Waals surface area (Å²) in [5.41, 5.74) is 1.68. The molecule has 1 amide bonds. The van der Waals surface area contributed by atoms with Crippen LogP contribution in [-0.4, -0.2) is 5.91 Å². The fourth-order valence-corrected chi connectivity index (χ4v) is 2.63. The molecule has 2 aromatic rings. The van der Waals surface area contributed by atoms with Crippen molar-refractivity contribution in [3.63, 3.8) is 0 Å². The minimum atomic E-state index is -0.0529. The van der Waals surface area contributed by atoms with Crippen molar-refractivity contribution in [2.24, 2.45) is 0 Å². The first-order valence-electron chi connectivity index (χ1n) is 6.04. The third-order valence-corrected chi connectivity index (χ3v) is 4.06. The molecule has 2 nitrogen and oxygen atoms in total. The van der Waals surface area contributed by atoms with Crippen LogP contribution in [-0.2, 0) is 11.2 Å². The number of rotatable bonds is 4. The van der Waals surface area contributed by atoms with Gasteiger partial charge in [-0.15, -0.1) is 0 Å². The van der Waals surface area contributed by atoms with Crippen LogP contribution in [0.4, 0.5) is 5.69 Å². The number of halogens is 3. The predicted molar refractivity (Wildman–Crippen MR) is 87.6 cm³/mol. The van der Waals surface area contributed by atoms with Crippen molar-refractivity contribution in [1.82, 2.24) is 0 Å². The van der Waals surface area contributed by atoms with Crippen LogP contribution in [0, 0.1) is 0 Å². The van der Waals surface area contributed by atoms with E-state index in [0.29, 0.717) is 22.9 Å². The molecule has 0 atom stereocenters. The van der Waals surface area contributed by atoms with Crippen LogP contribution in [0.1, 0.15) is 12.0 Å². The predicted octanol–water partition coefficient (Wildman–Crippen LogP) is 5.33. The Kier molecular flexibility index (Phi) is 5.46. The summed E-state index contributed by atoms with van der Waals surface area (Å²) in [4.78, 5) is 11.9. The number of para-hydroxylation sites is 1. The molecule has 2 rings (SSSR count). The first-order valence-corrected chi connectivity index (χ1v) is 7.59. The minimum absolute atomic E-state index is 0.0529. The van der Waals surface area contributed by atoms with E-state index in [4.69, 9.17) is 23.2 Å². The smallest absolute Gasteiger partial charge is 0.224 e. The van der Waals surface area contributed by atoms with Crippen LogP contribution in [0.25, 0.3) is 0 Å². The maximum Gasteiger partial charge on any atom is 0.224 e. The molecule has 5 heteroatoms. The topological polar surface area (TPSA) is 29.1 Å². The highest BCUT2D eigenvalue weighted by molar-refractivity contribution is 9.10. The second-order valence-corrected chi connectivity index (χ2v) is 5.96. The molecule has 0 aliphatic carbocycles. The molecule has 0 saturated heterocycles. The summed E-state index contributed by atoms with van der Waals surface area (Å²) in [6, 6.07) is 12.8. The molecule has 0 fully saturated rings. The van der Waals surface area contributed by atoms with Gasteiger partial charge in [-0.3, -0.25) is 4.79 Å². The van der Waals surface area contributed by atoms with E-state index in [1.165, 1.54) is 0 Å². The molecule has 0 saturated carbocycles. The van der Waals surface area contributed by atoms with E-state index in [1.807, 2.05) is 30.3 Å². The zero-order valence-corrected chi connectivity index (χ0v) is 13.6. The normalized spacial score (nSPS) is 10.3. The lowest BCUT2D eigenvalue weighted by molar-refractivity contribution is -0.116. The summed E-state index contributed by atoms with van der Waals surface area (Å²) < 4.78 is 0.859. The van der Waals surface area contributed by atoms with Crippen LogP contribution in [0.2, 0.25) is 10.0 Å². The van der Waals surface area contributed by atoms with Gasteiger partial charge in [0.25, 0.3) is 0 Å². The Balaban J connectivity index is 1.94. The fourth-order valence-electron chi connectivity index (χ4n) is 1.75. The van der Waals surface area contributed by atoms with Gasteiger partial charge < -0.3 is 5.32 Å². The molecule has 0 aliphatic rings. The molecule has 0 spiro atoms. The molecule has 0 heterocycles. The molecule has 1 N–H and O–H groups in total. The number of amides is 1. The summed E-state index contributed by atoms with van der Waals surface area (Å²) in [6.07, 6.45) is 0.939. The SMILES string of the molecule is O=C(CCc1ccc(Cl)cc1Cl)Nc1ccccc1Br. The lowest BCUT2D eigenvalue weighted by Crippen LogP contribution is -2.12. The summed E-state index contributed by atoms with van der Waals surface area (Å²) in [7, 11) is 0. The molecule has 0 radical (unpaired) electrons. The van der Waals surface area contributed by atoms with Crippen LogP contribution in [0.5, 0.6) is 0 Å². The molecular formula is C15H12BrCl2NO. The van der Waals surface area contributed by atoms with E-state index in [0.717, 1.165) is 15.7 Å². The van der Waals surface area contributed by atoms with Gasteiger partial charge in [-0.2, -0.15) is 0 Å². The van der Waals surface area contributed by atoms with Crippen LogP contribution in [0.3, 0.4) is 0 Å². The van der Waals surface area contributed by atoms with Crippen LogP contribution < -0.4 is 5.32 Å². The number of carbonyl (C=O) groups is 1. The molecule has 0 unspecified atom stereocenters. The van der Waals surface area contributed by atoms with Crippen molar-refractivity contribution < 1.29 is 4.79 Å². The largest absolute Gasteiger partial charge is 0.325 e. The second-order valence-electron chi connectivity index (χ2n) is 4.26. The second kappa shape index (κ2) is 7.11. The fraction of sp³-hybridized carbons (Fsp3) is 0.133. The van der Waals surface area contributed by atoms with Crippen molar-refractivity contribution in [3.8, 4) is 0 Å². The Labute approximate surface area is 136 Å². The number of aryl methyl sites for hydroxylation is 1. The number of carbonyl (C=O) groups excluding carboxylic acids is 1. The Bertz CT molecular complexity index is 631. The molecule has 0 aliphatic heterocycles. The highest BCUT2D eigenvalue weighted by Gasteiger charge is 2.07. The quantitative estimate of drug-likeness (QED) is 0.772. The number of benzene rings is 2. The van der Waals surface area contributed by atoms with Gasteiger partial charge in [0.15, 0.2) is 0 Å². The van der Waals surface area contributed by atoms with E-state index in [2.05, 4.69) is 21.2 Å². The summed E-state index contributed by atoms with van der Waals surface area (Å²) >= 11 is 15.3. The van der Waals surface area contributed by atoms with Gasteiger partial charge in [-0.1, -0.05) is 41.4 Å². The summed E-state index contributed by atoms with van der Waals surface area (Å²) in [5, 5.41) is 4.04. The first kappa shape index (κ1) is 15.4. The Morgan fingerprint density at radius 2 is 1.90 bits per heavy atom. The average molecular weight is 373 g/mol. The zero-order valence-electron chi connectivity index (χ0n) is 10.5. The summed E-state index contributed by atoms with van der Waals surface area (Å²) in [5.74, 6) is -0.0529. The Morgan fingerprint density at radius 1 is 1.15 bits per heavy atom. The number of nitrogens with one attached hydrogen (secondary N) is 1. The van der Waals surface area contributed by atoms with Gasteiger partial charge in [-0.05, 0) is 52.2 Å². The number of anilines is 1. The minimum Gasteiger partial charge on any atom is -0.325 e. The van der Waals surface area contributed by atoms with E-state index >= 15 is 0 Å². The van der Waals surface area contributed by atoms with Gasteiger partial charge in [-0.25, -0.2) is 0 Å². The average Bonchev–Trinajstić information content (AvgIpc) is 2.40. The van der Waals surface area contributed by atoms with Gasteiger partial charge in [0.2, 0.25) is 5.91 Å². The molecule has 0 bridgehead atoms. The third-order valence-electron chi connectivity index (χ3n) is 2.78. The number of hydrogen-bond acceptors (Lipinski definition) is 1. The van der Waals surface area contributed by atoms with Gasteiger partial charge in [0.05, 0.1) is 5.69 Å². The summed E-state index contributed by atoms with van der Waals surface area (Å²) in [6.45, 7) is 0. The van der Waals surface area contributed by atoms with Gasteiger partial charge in [0.1, 0.15) is 0 Å². The lowest BCUT2D eigenvalue weighted by atomic mass is 10.1. The highest BCUT2D eigenvalue weighted by atomic mass is 79.9. The van der Waals surface area contributed by atoms with Crippen molar-refractivity contribution in [2.75, 3.05) is 5.32 Å². The van der Waals surface area contributed by atoms with Crippen molar-refractivity contribution in [1.29, 1.82) is 0 Å². The Morgan fingerprint density at radius 3 is 2.60 bits per heavy atom. The number of hydrogen-bond donors (Lipinski definition) is 1. The van der Waals surface area contributed by atoms with Crippen molar-refractivity contribution >= 4 is 50.7 Å². The van der Waals surface area contributed by atoms with Crippen LogP contribution in [0.15, 0.2) is 46.9 Å². The molecule has 2 aromatic carbocycles. The van der Waals surface area contributed by atoms with Gasteiger partial charge >= 0.3 is 0 Å². The lowest BCUT2D eigenvalue weighted by Gasteiger charge is -2.08. The molecule has 20 heavy (non-hydrogen) atoms. The molecule has 104 valence electrons. The van der Waals surface area contributed by atoms with E-state index in [1.54, 1.807) is 12.1 Å². The van der Waals surface area contributed by atoms with Gasteiger partial charge in [0, 0.05) is 20.9 Å². The molecule has 0 aromatic heterocycles. The monoisotopic (exact) mass is 371 g/mol. The van der Waals surface area contributed by atoms with E-state index in [9.17, 15) is 4.79 Å². The Hall–Kier alpha value is -1.03. The van der Waals surface area contributed by atoms with Crippen molar-refractivity contribution in [2.45, 2.75) is 12.8 Å². The van der Waals surface area contributed by atoms with Crippen LogP contribution >= 0.6 is 39.1 Å². The first-order chi connectivity index (χ1) is 9.56. The van der Waals surface area contributed by atoms with E-state index in [-0.39, 0.29) is 5.91 Å². The van der Waals surface area contributed by atoms with E-state index < -0.39 is 0 Å². The highest BCUT2D eigenvalue weighted by Crippen LogP contribution is 2.23. The third kappa shape index (κ3) is 4.23. The zero-order chi connectivity index (χ0) is 14.5.